The number of aryl methyl sites for hydroxylation is 1. The Morgan fingerprint density at radius 3 is 1.87 bits per heavy atom. The van der Waals surface area contributed by atoms with Crippen LogP contribution < -0.4 is 0 Å². The van der Waals surface area contributed by atoms with Gasteiger partial charge in [0.2, 0.25) is 0 Å². The van der Waals surface area contributed by atoms with Gasteiger partial charge < -0.3 is 0 Å². The Labute approximate surface area is 146 Å². The van der Waals surface area contributed by atoms with Gasteiger partial charge in [0.15, 0.2) is 0 Å². The van der Waals surface area contributed by atoms with Gasteiger partial charge in [-0.05, 0) is 48.6 Å². The molecule has 0 bridgehead atoms. The molecule has 0 aliphatic rings. The van der Waals surface area contributed by atoms with Crippen molar-refractivity contribution in [1.29, 1.82) is 0 Å². The standard InChI is InChI=1S/C23H40/c1-6-10-16-21(9-4)23(18-11-7-2,19-12-8-3)22-17-14-13-15-20(22)5/h13-15,17,21H,6-12,16,18-19H2,1-5H3. The van der Waals surface area contributed by atoms with E-state index in [2.05, 4.69) is 58.9 Å². The zero-order chi connectivity index (χ0) is 17.1. The summed E-state index contributed by atoms with van der Waals surface area (Å²) in [6, 6.07) is 9.24. The Morgan fingerprint density at radius 1 is 0.826 bits per heavy atom. The van der Waals surface area contributed by atoms with E-state index in [1.807, 2.05) is 0 Å². The third-order valence-corrected chi connectivity index (χ3v) is 5.81. The molecular formula is C23H40. The molecular weight excluding hydrogens is 276 g/mol. The van der Waals surface area contributed by atoms with Crippen LogP contribution in [0.2, 0.25) is 0 Å². The van der Waals surface area contributed by atoms with Crippen LogP contribution in [0.1, 0.15) is 103 Å². The molecule has 0 heteroatoms. The van der Waals surface area contributed by atoms with Crippen LogP contribution in [0, 0.1) is 12.8 Å². The van der Waals surface area contributed by atoms with Gasteiger partial charge in [-0.3, -0.25) is 0 Å². The fraction of sp³-hybridized carbons (Fsp3) is 0.739. The SMILES string of the molecule is CCCCC(CC)C(CCCC)(CCCC)c1ccccc1C. The molecule has 0 heterocycles. The summed E-state index contributed by atoms with van der Waals surface area (Å²) in [6.07, 6.45) is 13.5. The van der Waals surface area contributed by atoms with Gasteiger partial charge in [0.25, 0.3) is 0 Å². The summed E-state index contributed by atoms with van der Waals surface area (Å²) in [5, 5.41) is 0. The first kappa shape index (κ1) is 20.3. The maximum atomic E-state index is 2.44. The van der Waals surface area contributed by atoms with Gasteiger partial charge in [-0.25, -0.2) is 0 Å². The predicted molar refractivity (Wildman–Crippen MR) is 105 cm³/mol. The van der Waals surface area contributed by atoms with Crippen LogP contribution in [0.4, 0.5) is 0 Å². The van der Waals surface area contributed by atoms with Gasteiger partial charge in [0.05, 0.1) is 0 Å². The third-order valence-electron chi connectivity index (χ3n) is 5.81. The molecule has 0 aliphatic carbocycles. The van der Waals surface area contributed by atoms with Crippen molar-refractivity contribution in [3.8, 4) is 0 Å². The second-order valence-corrected chi connectivity index (χ2v) is 7.43. The first-order valence-electron chi connectivity index (χ1n) is 10.2. The summed E-state index contributed by atoms with van der Waals surface area (Å²) in [5.41, 5.74) is 3.57. The maximum Gasteiger partial charge on any atom is -0.00162 e. The van der Waals surface area contributed by atoms with Crippen LogP contribution in [-0.4, -0.2) is 0 Å². The van der Waals surface area contributed by atoms with Crippen LogP contribution in [0.3, 0.4) is 0 Å². The van der Waals surface area contributed by atoms with E-state index in [-0.39, 0.29) is 0 Å². The van der Waals surface area contributed by atoms with Crippen molar-refractivity contribution in [2.75, 3.05) is 0 Å². The van der Waals surface area contributed by atoms with E-state index in [1.54, 1.807) is 5.56 Å². The topological polar surface area (TPSA) is 0 Å². The van der Waals surface area contributed by atoms with Crippen molar-refractivity contribution in [2.45, 2.75) is 104 Å². The number of unbranched alkanes of at least 4 members (excludes halogenated alkanes) is 3. The van der Waals surface area contributed by atoms with Crippen molar-refractivity contribution in [2.24, 2.45) is 5.92 Å². The maximum absolute atomic E-state index is 2.44. The molecule has 0 N–H and O–H groups in total. The normalized spacial score (nSPS) is 13.3. The van der Waals surface area contributed by atoms with Gasteiger partial charge in [-0.1, -0.05) is 96.9 Å². The molecule has 0 fully saturated rings. The molecule has 0 radical (unpaired) electrons. The molecule has 1 unspecified atom stereocenters. The van der Waals surface area contributed by atoms with Crippen molar-refractivity contribution in [3.05, 3.63) is 35.4 Å². The molecule has 0 nitrogen and oxygen atoms in total. The molecule has 1 aromatic carbocycles. The van der Waals surface area contributed by atoms with Crippen molar-refractivity contribution in [3.63, 3.8) is 0 Å². The average Bonchev–Trinajstić information content (AvgIpc) is 2.58. The molecule has 0 aliphatic heterocycles. The molecule has 0 saturated heterocycles. The second kappa shape index (κ2) is 10.9. The number of rotatable bonds is 12. The average molecular weight is 317 g/mol. The van der Waals surface area contributed by atoms with E-state index in [0.717, 1.165) is 5.92 Å². The minimum Gasteiger partial charge on any atom is -0.0654 e. The van der Waals surface area contributed by atoms with Gasteiger partial charge in [0.1, 0.15) is 0 Å². The Bertz CT molecular complexity index is 410. The molecule has 0 amide bonds. The molecule has 1 atom stereocenters. The Hall–Kier alpha value is -0.780. The fourth-order valence-electron chi connectivity index (χ4n) is 4.46. The van der Waals surface area contributed by atoms with E-state index in [1.165, 1.54) is 69.8 Å². The zero-order valence-corrected chi connectivity index (χ0v) is 16.5. The first-order chi connectivity index (χ1) is 11.2. The van der Waals surface area contributed by atoms with Crippen LogP contribution in [0.5, 0.6) is 0 Å². The number of benzene rings is 1. The Morgan fingerprint density at radius 2 is 1.39 bits per heavy atom. The van der Waals surface area contributed by atoms with Crippen LogP contribution in [0.15, 0.2) is 24.3 Å². The lowest BCUT2D eigenvalue weighted by molar-refractivity contribution is 0.196. The zero-order valence-electron chi connectivity index (χ0n) is 16.5. The molecule has 1 aromatic rings. The summed E-state index contributed by atoms with van der Waals surface area (Å²) in [7, 11) is 0. The van der Waals surface area contributed by atoms with Crippen molar-refractivity contribution >= 4 is 0 Å². The summed E-state index contributed by atoms with van der Waals surface area (Å²) < 4.78 is 0. The minimum absolute atomic E-state index is 0.404. The highest BCUT2D eigenvalue weighted by Crippen LogP contribution is 2.46. The van der Waals surface area contributed by atoms with Gasteiger partial charge in [0, 0.05) is 0 Å². The highest BCUT2D eigenvalue weighted by molar-refractivity contribution is 5.34. The largest absolute Gasteiger partial charge is 0.0654 e. The number of hydrogen-bond donors (Lipinski definition) is 0. The van der Waals surface area contributed by atoms with Crippen LogP contribution in [-0.2, 0) is 5.41 Å². The molecule has 0 aromatic heterocycles. The quantitative estimate of drug-likeness (QED) is 0.368. The predicted octanol–water partition coefficient (Wildman–Crippen LogP) is 7.83. The minimum atomic E-state index is 0.404. The number of hydrogen-bond acceptors (Lipinski definition) is 0. The molecule has 1 rings (SSSR count). The van der Waals surface area contributed by atoms with Crippen LogP contribution >= 0.6 is 0 Å². The molecule has 0 saturated carbocycles. The van der Waals surface area contributed by atoms with E-state index in [9.17, 15) is 0 Å². The van der Waals surface area contributed by atoms with Gasteiger partial charge in [-0.15, -0.1) is 0 Å². The van der Waals surface area contributed by atoms with Crippen molar-refractivity contribution < 1.29 is 0 Å². The monoisotopic (exact) mass is 316 g/mol. The Balaban J connectivity index is 3.29. The fourth-order valence-corrected chi connectivity index (χ4v) is 4.46. The lowest BCUT2D eigenvalue weighted by Crippen LogP contribution is -2.36. The third kappa shape index (κ3) is 5.37. The van der Waals surface area contributed by atoms with Gasteiger partial charge >= 0.3 is 0 Å². The Kier molecular flexibility index (Phi) is 9.60. The summed E-state index contributed by atoms with van der Waals surface area (Å²) in [5.74, 6) is 0.835. The van der Waals surface area contributed by atoms with Gasteiger partial charge in [-0.2, -0.15) is 0 Å². The highest BCUT2D eigenvalue weighted by atomic mass is 14.4. The highest BCUT2D eigenvalue weighted by Gasteiger charge is 2.38. The molecule has 23 heavy (non-hydrogen) atoms. The lowest BCUT2D eigenvalue weighted by Gasteiger charge is -2.43. The second-order valence-electron chi connectivity index (χ2n) is 7.43. The first-order valence-corrected chi connectivity index (χ1v) is 10.2. The van der Waals surface area contributed by atoms with E-state index in [4.69, 9.17) is 0 Å². The van der Waals surface area contributed by atoms with Crippen molar-refractivity contribution in [1.82, 2.24) is 0 Å². The van der Waals surface area contributed by atoms with E-state index >= 15 is 0 Å². The molecule has 132 valence electrons. The summed E-state index contributed by atoms with van der Waals surface area (Å²) in [4.78, 5) is 0. The van der Waals surface area contributed by atoms with E-state index < -0.39 is 0 Å². The van der Waals surface area contributed by atoms with Crippen LogP contribution in [0.25, 0.3) is 0 Å². The van der Waals surface area contributed by atoms with E-state index in [0.29, 0.717) is 5.41 Å². The smallest absolute Gasteiger partial charge is 0.00162 e. The lowest BCUT2D eigenvalue weighted by atomic mass is 9.61. The summed E-state index contributed by atoms with van der Waals surface area (Å²) >= 11 is 0. The molecule has 0 spiro atoms. The summed E-state index contributed by atoms with van der Waals surface area (Å²) in [6.45, 7) is 11.8.